The number of nitrogens with zero attached hydrogens (tertiary/aromatic N) is 1. The lowest BCUT2D eigenvalue weighted by atomic mass is 10.2. The van der Waals surface area contributed by atoms with Gasteiger partial charge in [-0.2, -0.15) is 0 Å². The van der Waals surface area contributed by atoms with Gasteiger partial charge in [-0.25, -0.2) is 0 Å². The number of amides is 2. The molecule has 0 N–H and O–H groups in total. The molecule has 1 heterocycles. The SMILES string of the molecule is CCOC(=O)CCCN1C(=O)S/C(=C\c2ccc(OC)cc2)C1=O. The van der Waals surface area contributed by atoms with Gasteiger partial charge in [0.25, 0.3) is 11.1 Å². The first kappa shape index (κ1) is 18.1. The second-order valence-corrected chi connectivity index (χ2v) is 6.01. The summed E-state index contributed by atoms with van der Waals surface area (Å²) >= 11 is 0.907. The van der Waals surface area contributed by atoms with E-state index in [1.54, 1.807) is 32.2 Å². The summed E-state index contributed by atoms with van der Waals surface area (Å²) in [6.45, 7) is 2.27. The minimum absolute atomic E-state index is 0.188. The Kier molecular flexibility index (Phi) is 6.43. The molecule has 1 aromatic rings. The number of imide groups is 1. The topological polar surface area (TPSA) is 72.9 Å². The van der Waals surface area contributed by atoms with Gasteiger partial charge in [0.2, 0.25) is 0 Å². The standard InChI is InChI=1S/C17H19NO5S/c1-3-23-15(19)5-4-10-18-16(20)14(24-17(18)21)11-12-6-8-13(22-2)9-7-12/h6-9,11H,3-5,10H2,1-2H3/b14-11-. The minimum Gasteiger partial charge on any atom is -0.497 e. The van der Waals surface area contributed by atoms with Crippen molar-refractivity contribution in [3.8, 4) is 5.75 Å². The van der Waals surface area contributed by atoms with E-state index in [-0.39, 0.29) is 30.1 Å². The number of thioether (sulfide) groups is 1. The van der Waals surface area contributed by atoms with Crippen molar-refractivity contribution < 1.29 is 23.9 Å². The summed E-state index contributed by atoms with van der Waals surface area (Å²) in [5.41, 5.74) is 0.813. The highest BCUT2D eigenvalue weighted by atomic mass is 32.2. The van der Waals surface area contributed by atoms with Crippen LogP contribution in [0, 0.1) is 0 Å². The third-order valence-electron chi connectivity index (χ3n) is 3.36. The molecule has 1 saturated heterocycles. The fourth-order valence-corrected chi connectivity index (χ4v) is 3.02. The molecule has 7 heteroatoms. The molecule has 2 rings (SSSR count). The fraction of sp³-hybridized carbons (Fsp3) is 0.353. The van der Waals surface area contributed by atoms with Gasteiger partial charge in [-0.3, -0.25) is 19.3 Å². The summed E-state index contributed by atoms with van der Waals surface area (Å²) in [4.78, 5) is 37.1. The van der Waals surface area contributed by atoms with Gasteiger partial charge >= 0.3 is 5.97 Å². The molecule has 0 unspecified atom stereocenters. The maximum absolute atomic E-state index is 12.3. The quantitative estimate of drug-likeness (QED) is 0.556. The number of carbonyl (C=O) groups is 3. The van der Waals surface area contributed by atoms with Gasteiger partial charge in [0.1, 0.15) is 5.75 Å². The summed E-state index contributed by atoms with van der Waals surface area (Å²) in [7, 11) is 1.58. The van der Waals surface area contributed by atoms with Crippen LogP contribution in [0.2, 0.25) is 0 Å². The number of hydrogen-bond donors (Lipinski definition) is 0. The first-order valence-corrected chi connectivity index (χ1v) is 8.42. The van der Waals surface area contributed by atoms with Crippen molar-refractivity contribution in [1.82, 2.24) is 4.90 Å². The van der Waals surface area contributed by atoms with E-state index in [0.717, 1.165) is 23.1 Å². The van der Waals surface area contributed by atoms with E-state index in [1.165, 1.54) is 4.90 Å². The molecular formula is C17H19NO5S. The number of hydrogen-bond acceptors (Lipinski definition) is 6. The Balaban J connectivity index is 1.97. The van der Waals surface area contributed by atoms with Gasteiger partial charge in [-0.05, 0) is 48.9 Å². The lowest BCUT2D eigenvalue weighted by molar-refractivity contribution is -0.143. The number of benzene rings is 1. The second-order valence-electron chi connectivity index (χ2n) is 5.02. The van der Waals surface area contributed by atoms with E-state index in [1.807, 2.05) is 12.1 Å². The maximum atomic E-state index is 12.3. The Bertz CT molecular complexity index is 653. The second kappa shape index (κ2) is 8.54. The van der Waals surface area contributed by atoms with Gasteiger partial charge in [-0.15, -0.1) is 0 Å². The number of methoxy groups -OCH3 is 1. The Hall–Kier alpha value is -2.28. The summed E-state index contributed by atoms with van der Waals surface area (Å²) in [5.74, 6) is 0.0714. The van der Waals surface area contributed by atoms with Gasteiger partial charge < -0.3 is 9.47 Å². The van der Waals surface area contributed by atoms with Crippen molar-refractivity contribution in [2.75, 3.05) is 20.3 Å². The Morgan fingerprint density at radius 3 is 2.58 bits per heavy atom. The van der Waals surface area contributed by atoms with Crippen LogP contribution < -0.4 is 4.74 Å². The average Bonchev–Trinajstić information content (AvgIpc) is 2.83. The summed E-state index contributed by atoms with van der Waals surface area (Å²) in [6, 6.07) is 7.20. The number of ether oxygens (including phenoxy) is 2. The Labute approximate surface area is 144 Å². The average molecular weight is 349 g/mol. The van der Waals surface area contributed by atoms with Gasteiger partial charge in [0.15, 0.2) is 0 Å². The molecule has 0 atom stereocenters. The molecule has 6 nitrogen and oxygen atoms in total. The molecule has 2 amide bonds. The van der Waals surface area contributed by atoms with Crippen molar-refractivity contribution in [2.24, 2.45) is 0 Å². The van der Waals surface area contributed by atoms with Crippen molar-refractivity contribution >= 4 is 35.0 Å². The van der Waals surface area contributed by atoms with Crippen LogP contribution in [-0.2, 0) is 14.3 Å². The number of carbonyl (C=O) groups excluding carboxylic acids is 3. The summed E-state index contributed by atoms with van der Waals surface area (Å²) in [6.07, 6.45) is 2.26. The molecule has 1 aromatic carbocycles. The molecule has 0 spiro atoms. The van der Waals surface area contributed by atoms with E-state index in [4.69, 9.17) is 9.47 Å². The normalized spacial score (nSPS) is 15.9. The molecule has 128 valence electrons. The van der Waals surface area contributed by atoms with Gasteiger partial charge in [-0.1, -0.05) is 12.1 Å². The van der Waals surface area contributed by atoms with Crippen LogP contribution in [0.25, 0.3) is 6.08 Å². The zero-order valence-corrected chi connectivity index (χ0v) is 14.4. The van der Waals surface area contributed by atoms with Crippen molar-refractivity contribution in [2.45, 2.75) is 19.8 Å². The lowest BCUT2D eigenvalue weighted by Crippen LogP contribution is -2.29. The third kappa shape index (κ3) is 4.61. The van der Waals surface area contributed by atoms with Crippen LogP contribution in [0.15, 0.2) is 29.2 Å². The molecule has 1 aliphatic rings. The lowest BCUT2D eigenvalue weighted by Gasteiger charge is -2.11. The van der Waals surface area contributed by atoms with E-state index >= 15 is 0 Å². The van der Waals surface area contributed by atoms with Crippen LogP contribution in [0.4, 0.5) is 4.79 Å². The van der Waals surface area contributed by atoms with E-state index < -0.39 is 0 Å². The first-order valence-electron chi connectivity index (χ1n) is 7.60. The van der Waals surface area contributed by atoms with Crippen LogP contribution in [0.1, 0.15) is 25.3 Å². The molecule has 1 aliphatic heterocycles. The van der Waals surface area contributed by atoms with E-state index in [2.05, 4.69) is 0 Å². The molecule has 0 aromatic heterocycles. The fourth-order valence-electron chi connectivity index (χ4n) is 2.16. The molecule has 0 aliphatic carbocycles. The highest BCUT2D eigenvalue weighted by Crippen LogP contribution is 2.32. The molecule has 0 saturated carbocycles. The van der Waals surface area contributed by atoms with Crippen molar-refractivity contribution in [1.29, 1.82) is 0 Å². The molecule has 0 radical (unpaired) electrons. The molecule has 1 fully saturated rings. The predicted octanol–water partition coefficient (Wildman–Crippen LogP) is 3.07. The predicted molar refractivity (Wildman–Crippen MR) is 91.5 cm³/mol. The number of rotatable bonds is 7. The van der Waals surface area contributed by atoms with Crippen LogP contribution in [0.3, 0.4) is 0 Å². The largest absolute Gasteiger partial charge is 0.497 e. The van der Waals surface area contributed by atoms with Crippen LogP contribution >= 0.6 is 11.8 Å². The summed E-state index contributed by atoms with van der Waals surface area (Å²) < 4.78 is 9.91. The molecular weight excluding hydrogens is 330 g/mol. The van der Waals surface area contributed by atoms with Crippen LogP contribution in [-0.4, -0.2) is 42.3 Å². The zero-order chi connectivity index (χ0) is 17.5. The van der Waals surface area contributed by atoms with E-state index in [9.17, 15) is 14.4 Å². The maximum Gasteiger partial charge on any atom is 0.305 e. The Morgan fingerprint density at radius 1 is 1.25 bits per heavy atom. The van der Waals surface area contributed by atoms with E-state index in [0.29, 0.717) is 17.9 Å². The van der Waals surface area contributed by atoms with Crippen molar-refractivity contribution in [3.05, 3.63) is 34.7 Å². The first-order chi connectivity index (χ1) is 11.5. The highest BCUT2D eigenvalue weighted by Gasteiger charge is 2.34. The Morgan fingerprint density at radius 2 is 1.96 bits per heavy atom. The summed E-state index contributed by atoms with van der Waals surface area (Å²) in [5, 5.41) is -0.316. The minimum atomic E-state index is -0.329. The highest BCUT2D eigenvalue weighted by molar-refractivity contribution is 8.18. The smallest absolute Gasteiger partial charge is 0.305 e. The number of esters is 1. The zero-order valence-electron chi connectivity index (χ0n) is 13.6. The van der Waals surface area contributed by atoms with Crippen LogP contribution in [0.5, 0.6) is 5.75 Å². The third-order valence-corrected chi connectivity index (χ3v) is 4.26. The van der Waals surface area contributed by atoms with Gasteiger partial charge in [0, 0.05) is 13.0 Å². The van der Waals surface area contributed by atoms with Gasteiger partial charge in [0.05, 0.1) is 18.6 Å². The molecule has 0 bridgehead atoms. The monoisotopic (exact) mass is 349 g/mol. The van der Waals surface area contributed by atoms with Crippen molar-refractivity contribution in [3.63, 3.8) is 0 Å². The molecule has 24 heavy (non-hydrogen) atoms.